The van der Waals surface area contributed by atoms with Crippen LogP contribution in [0.2, 0.25) is 5.02 Å². The predicted molar refractivity (Wildman–Crippen MR) is 88.7 cm³/mol. The van der Waals surface area contributed by atoms with Crippen LogP contribution in [0.25, 0.3) is 0 Å². The highest BCUT2D eigenvalue weighted by Gasteiger charge is 2.30. The summed E-state index contributed by atoms with van der Waals surface area (Å²) in [6.45, 7) is 1.40. The van der Waals surface area contributed by atoms with Crippen molar-refractivity contribution in [1.82, 2.24) is 14.7 Å². The Bertz CT molecular complexity index is 784. The molecule has 0 unspecified atom stereocenters. The first-order valence-corrected chi connectivity index (χ1v) is 7.74. The highest BCUT2D eigenvalue weighted by molar-refractivity contribution is 6.30. The van der Waals surface area contributed by atoms with Gasteiger partial charge in [0, 0.05) is 31.2 Å². The van der Waals surface area contributed by atoms with E-state index in [0.717, 1.165) is 11.4 Å². The second-order valence-electron chi connectivity index (χ2n) is 5.72. The number of halogens is 1. The maximum atomic E-state index is 12.1. The van der Waals surface area contributed by atoms with Gasteiger partial charge >= 0.3 is 6.03 Å². The number of hydrogen-bond acceptors (Lipinski definition) is 3. The molecule has 0 saturated carbocycles. The van der Waals surface area contributed by atoms with Gasteiger partial charge in [-0.25, -0.2) is 9.48 Å². The van der Waals surface area contributed by atoms with Gasteiger partial charge < -0.3 is 4.90 Å². The van der Waals surface area contributed by atoms with E-state index >= 15 is 0 Å². The van der Waals surface area contributed by atoms with E-state index in [-0.39, 0.29) is 11.6 Å². The molecule has 1 aromatic heterocycles. The zero-order valence-corrected chi connectivity index (χ0v) is 13.5. The summed E-state index contributed by atoms with van der Waals surface area (Å²) in [6, 6.07) is 10.5. The topological polar surface area (TPSA) is 67.2 Å². The Morgan fingerprint density at radius 1 is 1.35 bits per heavy atom. The van der Waals surface area contributed by atoms with E-state index in [2.05, 4.69) is 10.4 Å². The van der Waals surface area contributed by atoms with E-state index in [1.807, 2.05) is 24.3 Å². The summed E-state index contributed by atoms with van der Waals surface area (Å²) in [4.78, 5) is 25.1. The molecule has 7 heteroatoms. The second kappa shape index (κ2) is 6.42. The second-order valence-corrected chi connectivity index (χ2v) is 6.15. The summed E-state index contributed by atoms with van der Waals surface area (Å²) in [5.41, 5.74) is 0.968. The maximum Gasteiger partial charge on any atom is 0.323 e. The first-order valence-electron chi connectivity index (χ1n) is 7.36. The number of aryl methyl sites for hydroxylation is 1. The number of nitrogens with zero attached hydrogens (tertiary/aromatic N) is 3. The zero-order valence-electron chi connectivity index (χ0n) is 12.7. The number of benzene rings is 1. The molecule has 1 N–H and O–H groups in total. The van der Waals surface area contributed by atoms with Crippen LogP contribution in [0, 0.1) is 5.92 Å². The van der Waals surface area contributed by atoms with Crippen molar-refractivity contribution in [2.45, 2.75) is 6.42 Å². The van der Waals surface area contributed by atoms with Gasteiger partial charge in [-0.2, -0.15) is 5.10 Å². The molecule has 3 rings (SSSR count). The molecular weight excluding hydrogens is 316 g/mol. The summed E-state index contributed by atoms with van der Waals surface area (Å²) in [5, 5.41) is 7.41. The number of anilines is 1. The third kappa shape index (κ3) is 3.71. The van der Waals surface area contributed by atoms with E-state index in [9.17, 15) is 9.59 Å². The average Bonchev–Trinajstić information content (AvgIpc) is 2.46. The molecule has 1 aliphatic rings. The fourth-order valence-corrected chi connectivity index (χ4v) is 2.83. The molecule has 23 heavy (non-hydrogen) atoms. The largest absolute Gasteiger partial charge is 0.324 e. The number of likely N-dealkylation sites (tertiary alicyclic amines) is 1. The zero-order chi connectivity index (χ0) is 16.4. The third-order valence-corrected chi connectivity index (χ3v) is 4.09. The summed E-state index contributed by atoms with van der Waals surface area (Å²) in [7, 11) is 1.54. The number of nitrogens with one attached hydrogen (secondary N) is 1. The Morgan fingerprint density at radius 2 is 2.13 bits per heavy atom. The number of carbonyl (C=O) groups excluding carboxylic acids is 1. The lowest BCUT2D eigenvalue weighted by Gasteiger charge is -2.39. The summed E-state index contributed by atoms with van der Waals surface area (Å²) in [5.74, 6) is 0.808. The van der Waals surface area contributed by atoms with Crippen LogP contribution in [0.15, 0.2) is 41.2 Å². The number of rotatable bonds is 3. The summed E-state index contributed by atoms with van der Waals surface area (Å²) >= 11 is 5.98. The minimum atomic E-state index is -0.214. The van der Waals surface area contributed by atoms with Gasteiger partial charge in [0.2, 0.25) is 0 Å². The molecule has 0 atom stereocenters. The first kappa shape index (κ1) is 15.6. The third-order valence-electron chi connectivity index (χ3n) is 3.85. The standard InChI is InChI=1S/C16H17ClN4O2/c1-20-15(22)6-5-14(19-20)18-16(23)21-9-12(10-21)7-11-3-2-4-13(17)8-11/h2-6,8,12H,7,9-10H2,1H3,(H,18,19,23). The van der Waals surface area contributed by atoms with Gasteiger partial charge in [-0.1, -0.05) is 23.7 Å². The number of hydrogen-bond donors (Lipinski definition) is 1. The van der Waals surface area contributed by atoms with Crippen molar-refractivity contribution in [2.75, 3.05) is 18.4 Å². The number of aromatic nitrogens is 2. The smallest absolute Gasteiger partial charge is 0.323 e. The molecule has 6 nitrogen and oxygen atoms in total. The molecule has 0 aliphatic carbocycles. The Kier molecular flexibility index (Phi) is 4.34. The molecule has 1 aromatic carbocycles. The predicted octanol–water partition coefficient (Wildman–Crippen LogP) is 2.14. The maximum absolute atomic E-state index is 12.1. The van der Waals surface area contributed by atoms with Crippen molar-refractivity contribution < 1.29 is 4.79 Å². The van der Waals surface area contributed by atoms with E-state index in [4.69, 9.17) is 11.6 Å². The van der Waals surface area contributed by atoms with Crippen molar-refractivity contribution in [3.8, 4) is 0 Å². The van der Waals surface area contributed by atoms with E-state index in [1.54, 1.807) is 11.9 Å². The van der Waals surface area contributed by atoms with Crippen molar-refractivity contribution in [2.24, 2.45) is 13.0 Å². The van der Waals surface area contributed by atoms with Crippen molar-refractivity contribution in [3.05, 3.63) is 57.3 Å². The number of carbonyl (C=O) groups is 1. The lowest BCUT2D eigenvalue weighted by Crippen LogP contribution is -2.52. The van der Waals surface area contributed by atoms with Crippen LogP contribution in [0.1, 0.15) is 5.56 Å². The Labute approximate surface area is 138 Å². The van der Waals surface area contributed by atoms with E-state index < -0.39 is 0 Å². The lowest BCUT2D eigenvalue weighted by atomic mass is 9.92. The van der Waals surface area contributed by atoms with Crippen LogP contribution in [0.3, 0.4) is 0 Å². The molecular formula is C16H17ClN4O2. The van der Waals surface area contributed by atoms with E-state index in [0.29, 0.717) is 24.8 Å². The van der Waals surface area contributed by atoms with Crippen LogP contribution in [0.4, 0.5) is 10.6 Å². The quantitative estimate of drug-likeness (QED) is 0.936. The monoisotopic (exact) mass is 332 g/mol. The Hall–Kier alpha value is -2.34. The molecule has 2 aromatic rings. The Morgan fingerprint density at radius 3 is 2.83 bits per heavy atom. The van der Waals surface area contributed by atoms with Crippen molar-refractivity contribution >= 4 is 23.4 Å². The molecule has 1 saturated heterocycles. The van der Waals surface area contributed by atoms with Gasteiger partial charge in [-0.15, -0.1) is 0 Å². The number of amides is 2. The fraction of sp³-hybridized carbons (Fsp3) is 0.312. The molecule has 1 aliphatic heterocycles. The average molecular weight is 333 g/mol. The van der Waals surface area contributed by atoms with Gasteiger partial charge in [-0.3, -0.25) is 10.1 Å². The molecule has 0 radical (unpaired) electrons. The first-order chi connectivity index (χ1) is 11.0. The van der Waals surface area contributed by atoms with Gasteiger partial charge in [0.1, 0.15) is 0 Å². The normalized spacial score (nSPS) is 14.4. The number of urea groups is 1. The molecule has 2 heterocycles. The van der Waals surface area contributed by atoms with Crippen molar-refractivity contribution in [1.29, 1.82) is 0 Å². The summed E-state index contributed by atoms with van der Waals surface area (Å²) in [6.07, 6.45) is 0.905. The highest BCUT2D eigenvalue weighted by Crippen LogP contribution is 2.22. The summed E-state index contributed by atoms with van der Waals surface area (Å²) < 4.78 is 1.19. The minimum Gasteiger partial charge on any atom is -0.324 e. The molecule has 1 fully saturated rings. The van der Waals surface area contributed by atoms with Gasteiger partial charge in [0.05, 0.1) is 0 Å². The van der Waals surface area contributed by atoms with Crippen LogP contribution < -0.4 is 10.9 Å². The van der Waals surface area contributed by atoms with Crippen LogP contribution in [-0.2, 0) is 13.5 Å². The minimum absolute atomic E-state index is 0.196. The van der Waals surface area contributed by atoms with E-state index in [1.165, 1.54) is 22.4 Å². The van der Waals surface area contributed by atoms with Crippen LogP contribution >= 0.6 is 11.6 Å². The lowest BCUT2D eigenvalue weighted by molar-refractivity contribution is 0.131. The van der Waals surface area contributed by atoms with Crippen LogP contribution in [0.5, 0.6) is 0 Å². The van der Waals surface area contributed by atoms with Gasteiger partial charge in [-0.05, 0) is 36.1 Å². The fourth-order valence-electron chi connectivity index (χ4n) is 2.62. The highest BCUT2D eigenvalue weighted by atomic mass is 35.5. The molecule has 0 spiro atoms. The van der Waals surface area contributed by atoms with Crippen molar-refractivity contribution in [3.63, 3.8) is 0 Å². The SMILES string of the molecule is Cn1nc(NC(=O)N2CC(Cc3cccc(Cl)c3)C2)ccc1=O. The Balaban J connectivity index is 1.51. The van der Waals surface area contributed by atoms with Gasteiger partial charge in [0.25, 0.3) is 5.56 Å². The molecule has 2 amide bonds. The van der Waals surface area contributed by atoms with Gasteiger partial charge in [0.15, 0.2) is 5.82 Å². The molecule has 120 valence electrons. The molecule has 0 bridgehead atoms. The van der Waals surface area contributed by atoms with Crippen LogP contribution in [-0.4, -0.2) is 33.8 Å².